The van der Waals surface area contributed by atoms with Gasteiger partial charge in [-0.3, -0.25) is 24.7 Å². The van der Waals surface area contributed by atoms with Crippen LogP contribution in [0.15, 0.2) is 78.9 Å². The van der Waals surface area contributed by atoms with Crippen LogP contribution in [0, 0.1) is 0 Å². The van der Waals surface area contributed by atoms with E-state index >= 15 is 0 Å². The molecule has 1 N–H and O–H groups in total. The maximum Gasteiger partial charge on any atom is 0.411 e. The average molecular weight is 596 g/mol. The van der Waals surface area contributed by atoms with Crippen molar-refractivity contribution in [1.29, 1.82) is 0 Å². The first-order valence-electron chi connectivity index (χ1n) is 16.0. The number of likely N-dealkylation sites (tertiary alicyclic amines) is 1. The lowest BCUT2D eigenvalue weighted by atomic mass is 9.85. The SMILES string of the molecule is C[N+](C)(CCN1C(=O)c2ccccc2C1=O)[C@H]1CCCC[C@@H]1N1CCC(OC(=O)Nc2ccccc2-c2ccccc2)CC1. The maximum atomic E-state index is 13.0. The second-order valence-electron chi connectivity index (χ2n) is 12.9. The Morgan fingerprint density at radius 2 is 1.39 bits per heavy atom. The normalized spacial score (nSPS) is 21.3. The van der Waals surface area contributed by atoms with Gasteiger partial charge < -0.3 is 9.22 Å². The van der Waals surface area contributed by atoms with E-state index in [4.69, 9.17) is 4.74 Å². The zero-order chi connectivity index (χ0) is 30.7. The number of quaternary nitrogens is 1. The molecule has 0 bridgehead atoms. The fourth-order valence-electron chi connectivity index (χ4n) is 7.38. The molecule has 0 aromatic heterocycles. The maximum absolute atomic E-state index is 13.0. The van der Waals surface area contributed by atoms with Crippen LogP contribution in [-0.2, 0) is 4.74 Å². The smallest absolute Gasteiger partial charge is 0.411 e. The first kappa shape index (κ1) is 30.0. The van der Waals surface area contributed by atoms with E-state index in [1.807, 2.05) is 66.7 Å². The number of carbonyl (C=O) groups excluding carboxylic acids is 3. The first-order valence-corrected chi connectivity index (χ1v) is 16.0. The highest BCUT2D eigenvalue weighted by molar-refractivity contribution is 6.21. The predicted molar refractivity (Wildman–Crippen MR) is 171 cm³/mol. The highest BCUT2D eigenvalue weighted by Crippen LogP contribution is 2.33. The van der Waals surface area contributed by atoms with Crippen molar-refractivity contribution in [2.24, 2.45) is 0 Å². The molecule has 1 saturated heterocycles. The topological polar surface area (TPSA) is 79.0 Å². The Hall–Kier alpha value is -4.01. The molecule has 8 nitrogen and oxygen atoms in total. The van der Waals surface area contributed by atoms with E-state index in [2.05, 4.69) is 24.3 Å². The summed E-state index contributed by atoms with van der Waals surface area (Å²) in [4.78, 5) is 42.9. The zero-order valence-electron chi connectivity index (χ0n) is 25.8. The summed E-state index contributed by atoms with van der Waals surface area (Å²) in [6.45, 7) is 2.91. The van der Waals surface area contributed by atoms with Gasteiger partial charge in [-0.2, -0.15) is 0 Å². The van der Waals surface area contributed by atoms with Crippen LogP contribution in [0.4, 0.5) is 10.5 Å². The molecular formula is C36H43N4O4+. The average Bonchev–Trinajstić information content (AvgIpc) is 3.29. The third-order valence-electron chi connectivity index (χ3n) is 9.84. The molecule has 230 valence electrons. The number of para-hydroxylation sites is 1. The van der Waals surface area contributed by atoms with Crippen LogP contribution in [0.2, 0.25) is 0 Å². The van der Waals surface area contributed by atoms with E-state index in [1.54, 1.807) is 12.1 Å². The molecule has 2 heterocycles. The van der Waals surface area contributed by atoms with Gasteiger partial charge in [-0.25, -0.2) is 4.79 Å². The molecule has 3 aromatic rings. The third-order valence-corrected chi connectivity index (χ3v) is 9.84. The summed E-state index contributed by atoms with van der Waals surface area (Å²) >= 11 is 0. The standard InChI is InChI=1S/C36H42N4O4/c1-40(2,25-24-39-34(41)29-15-6-7-16-30(29)35(39)42)33-19-11-10-18-32(33)38-22-20-27(21-23-38)44-36(43)37-31-17-9-8-14-28(31)26-12-4-3-5-13-26/h3-9,12-17,27,32-33H,10-11,18-25H2,1-2H3/p+1/t32-,33-/m0/s1. The highest BCUT2D eigenvalue weighted by Gasteiger charge is 2.43. The predicted octanol–water partition coefficient (Wildman–Crippen LogP) is 6.05. The Labute approximate surface area is 260 Å². The number of likely N-dealkylation sites (N-methyl/N-ethyl adjacent to an activating group) is 1. The molecule has 2 fully saturated rings. The number of fused-ring (bicyclic) bond motifs is 1. The third kappa shape index (κ3) is 6.28. The summed E-state index contributed by atoms with van der Waals surface area (Å²) in [6, 6.07) is 25.8. The number of anilines is 1. The van der Waals surface area contributed by atoms with Crippen molar-refractivity contribution in [3.8, 4) is 11.1 Å². The van der Waals surface area contributed by atoms with Crippen LogP contribution in [0.25, 0.3) is 11.1 Å². The van der Waals surface area contributed by atoms with E-state index < -0.39 is 6.09 Å². The number of piperidine rings is 1. The molecule has 1 aliphatic carbocycles. The summed E-state index contributed by atoms with van der Waals surface area (Å²) in [5, 5.41) is 2.98. The molecule has 8 heteroatoms. The highest BCUT2D eigenvalue weighted by atomic mass is 16.6. The molecule has 3 aliphatic rings. The van der Waals surface area contributed by atoms with Crippen LogP contribution in [-0.4, -0.2) is 90.7 Å². The number of hydrogen-bond donors (Lipinski definition) is 1. The van der Waals surface area contributed by atoms with E-state index in [-0.39, 0.29) is 17.9 Å². The zero-order valence-corrected chi connectivity index (χ0v) is 25.8. The van der Waals surface area contributed by atoms with Crippen molar-refractivity contribution in [3.63, 3.8) is 0 Å². The summed E-state index contributed by atoms with van der Waals surface area (Å²) < 4.78 is 6.67. The monoisotopic (exact) mass is 595 g/mol. The minimum atomic E-state index is -0.409. The molecular weight excluding hydrogens is 552 g/mol. The lowest BCUT2D eigenvalue weighted by Crippen LogP contribution is -2.63. The molecule has 0 unspecified atom stereocenters. The number of amides is 3. The van der Waals surface area contributed by atoms with E-state index in [9.17, 15) is 14.4 Å². The Morgan fingerprint density at radius 3 is 2.07 bits per heavy atom. The minimum Gasteiger partial charge on any atom is -0.446 e. The molecule has 6 rings (SSSR count). The molecule has 0 spiro atoms. The Bertz CT molecular complexity index is 1460. The van der Waals surface area contributed by atoms with E-state index in [0.29, 0.717) is 29.8 Å². The Morgan fingerprint density at radius 1 is 0.795 bits per heavy atom. The minimum absolute atomic E-state index is 0.117. The fraction of sp³-hybridized carbons (Fsp3) is 0.417. The van der Waals surface area contributed by atoms with Crippen LogP contribution >= 0.6 is 0 Å². The second kappa shape index (κ2) is 12.9. The Balaban J connectivity index is 1.03. The molecule has 1 saturated carbocycles. The Kier molecular flexibility index (Phi) is 8.82. The van der Waals surface area contributed by atoms with Gasteiger partial charge in [0.25, 0.3) is 11.8 Å². The van der Waals surface area contributed by atoms with Gasteiger partial charge in [-0.05, 0) is 49.4 Å². The lowest BCUT2D eigenvalue weighted by molar-refractivity contribution is -0.917. The molecule has 2 atom stereocenters. The number of ether oxygens (including phenoxy) is 1. The van der Waals surface area contributed by atoms with E-state index in [1.165, 1.54) is 17.7 Å². The van der Waals surface area contributed by atoms with Crippen molar-refractivity contribution in [2.45, 2.75) is 56.7 Å². The van der Waals surface area contributed by atoms with Crippen molar-refractivity contribution < 1.29 is 23.6 Å². The van der Waals surface area contributed by atoms with Gasteiger partial charge in [-0.1, -0.05) is 67.1 Å². The van der Waals surface area contributed by atoms with Gasteiger partial charge >= 0.3 is 6.09 Å². The number of hydrogen-bond acceptors (Lipinski definition) is 5. The summed E-state index contributed by atoms with van der Waals surface area (Å²) in [6.07, 6.45) is 5.75. The number of rotatable bonds is 8. The van der Waals surface area contributed by atoms with Gasteiger partial charge in [0.05, 0.1) is 50.0 Å². The van der Waals surface area contributed by atoms with Crippen LogP contribution in [0.1, 0.15) is 59.2 Å². The van der Waals surface area contributed by atoms with Gasteiger partial charge in [0, 0.05) is 25.1 Å². The number of benzene rings is 3. The van der Waals surface area contributed by atoms with Crippen LogP contribution in [0.3, 0.4) is 0 Å². The quantitative estimate of drug-likeness (QED) is 0.253. The molecule has 0 radical (unpaired) electrons. The van der Waals surface area contributed by atoms with Crippen molar-refractivity contribution in [1.82, 2.24) is 9.80 Å². The van der Waals surface area contributed by atoms with Crippen molar-refractivity contribution >= 4 is 23.6 Å². The molecule has 3 aromatic carbocycles. The summed E-state index contributed by atoms with van der Waals surface area (Å²) in [5.74, 6) is -0.360. The molecule has 2 aliphatic heterocycles. The van der Waals surface area contributed by atoms with Gasteiger partial charge in [0.2, 0.25) is 0 Å². The molecule has 44 heavy (non-hydrogen) atoms. The van der Waals surface area contributed by atoms with Gasteiger partial charge in [-0.15, -0.1) is 0 Å². The van der Waals surface area contributed by atoms with Crippen molar-refractivity contribution in [3.05, 3.63) is 90.0 Å². The number of nitrogens with one attached hydrogen (secondary N) is 1. The van der Waals surface area contributed by atoms with Crippen molar-refractivity contribution in [2.75, 3.05) is 45.6 Å². The van der Waals surface area contributed by atoms with Gasteiger partial charge in [0.1, 0.15) is 12.1 Å². The summed E-state index contributed by atoms with van der Waals surface area (Å²) in [5.41, 5.74) is 3.78. The first-order chi connectivity index (χ1) is 21.3. The van der Waals surface area contributed by atoms with Crippen LogP contribution in [0.5, 0.6) is 0 Å². The largest absolute Gasteiger partial charge is 0.446 e. The fourth-order valence-corrected chi connectivity index (χ4v) is 7.38. The number of carbonyl (C=O) groups is 3. The number of imide groups is 1. The van der Waals surface area contributed by atoms with Crippen LogP contribution < -0.4 is 5.32 Å². The molecule has 3 amide bonds. The lowest BCUT2D eigenvalue weighted by Gasteiger charge is -2.49. The summed E-state index contributed by atoms with van der Waals surface area (Å²) in [7, 11) is 4.49. The second-order valence-corrected chi connectivity index (χ2v) is 12.9. The van der Waals surface area contributed by atoms with E-state index in [0.717, 1.165) is 66.6 Å². The number of nitrogens with zero attached hydrogens (tertiary/aromatic N) is 3. The van der Waals surface area contributed by atoms with Gasteiger partial charge in [0.15, 0.2) is 0 Å².